The molecule has 0 bridgehead atoms. The zero-order chi connectivity index (χ0) is 17.0. The van der Waals surface area contributed by atoms with E-state index in [9.17, 15) is 18.0 Å². The number of carboxylic acid groups (broad SMARTS) is 1. The number of nitrogens with one attached hydrogen (secondary N) is 1. The predicted octanol–water partition coefficient (Wildman–Crippen LogP) is 0.808. The first-order valence-corrected chi connectivity index (χ1v) is 9.97. The van der Waals surface area contributed by atoms with E-state index in [1.165, 1.54) is 4.31 Å². The first-order chi connectivity index (χ1) is 10.8. The third-order valence-corrected chi connectivity index (χ3v) is 6.59. The Kier molecular flexibility index (Phi) is 6.02. The number of aliphatic carboxylic acids is 1. The van der Waals surface area contributed by atoms with E-state index in [1.54, 1.807) is 0 Å². The number of rotatable bonds is 8. The van der Waals surface area contributed by atoms with Crippen LogP contribution >= 0.6 is 0 Å². The molecule has 1 saturated heterocycles. The monoisotopic (exact) mass is 346 g/mol. The van der Waals surface area contributed by atoms with Gasteiger partial charge in [-0.25, -0.2) is 17.5 Å². The zero-order valence-corrected chi connectivity index (χ0v) is 14.3. The standard InChI is InChI=1S/C15H26N2O5S/c1-2-3-10-23(21,22)17-8-6-12(7-9-17)14(18)16-13(15(19)20)11-4-5-11/h11-13H,2-10H2,1H3,(H,16,18)(H,19,20). The number of amides is 1. The Hall–Kier alpha value is -1.15. The zero-order valence-electron chi connectivity index (χ0n) is 13.5. The smallest absolute Gasteiger partial charge is 0.326 e. The van der Waals surface area contributed by atoms with Gasteiger partial charge in [-0.2, -0.15) is 0 Å². The summed E-state index contributed by atoms with van der Waals surface area (Å²) >= 11 is 0. The lowest BCUT2D eigenvalue weighted by molar-refractivity contribution is -0.143. The minimum absolute atomic E-state index is 0.0472. The molecule has 7 nitrogen and oxygen atoms in total. The van der Waals surface area contributed by atoms with Crippen molar-refractivity contribution in [2.24, 2.45) is 11.8 Å². The fraction of sp³-hybridized carbons (Fsp3) is 0.867. The molecule has 2 N–H and O–H groups in total. The molecule has 0 spiro atoms. The summed E-state index contributed by atoms with van der Waals surface area (Å²) in [7, 11) is -3.23. The fourth-order valence-corrected chi connectivity index (χ4v) is 4.61. The maximum absolute atomic E-state index is 12.2. The lowest BCUT2D eigenvalue weighted by Crippen LogP contribution is -2.48. The average Bonchev–Trinajstić information content (AvgIpc) is 3.35. The fourth-order valence-electron chi connectivity index (χ4n) is 2.93. The Morgan fingerprint density at radius 2 is 1.83 bits per heavy atom. The lowest BCUT2D eigenvalue weighted by Gasteiger charge is -2.31. The van der Waals surface area contributed by atoms with Crippen molar-refractivity contribution < 1.29 is 23.1 Å². The number of carboxylic acids is 1. The molecule has 0 aromatic heterocycles. The van der Waals surface area contributed by atoms with Crippen molar-refractivity contribution in [3.63, 3.8) is 0 Å². The van der Waals surface area contributed by atoms with Crippen LogP contribution in [-0.4, -0.2) is 54.6 Å². The molecule has 0 aromatic rings. The van der Waals surface area contributed by atoms with Crippen molar-refractivity contribution in [2.45, 2.75) is 51.5 Å². The van der Waals surface area contributed by atoms with Gasteiger partial charge in [0.05, 0.1) is 5.75 Å². The van der Waals surface area contributed by atoms with Gasteiger partial charge in [-0.1, -0.05) is 13.3 Å². The highest BCUT2D eigenvalue weighted by atomic mass is 32.2. The summed E-state index contributed by atoms with van der Waals surface area (Å²) in [6.45, 7) is 2.63. The number of sulfonamides is 1. The third-order valence-electron chi connectivity index (χ3n) is 4.63. The molecule has 2 aliphatic rings. The van der Waals surface area contributed by atoms with Crippen molar-refractivity contribution in [1.29, 1.82) is 0 Å². The number of carbonyl (C=O) groups excluding carboxylic acids is 1. The van der Waals surface area contributed by atoms with Crippen LogP contribution in [0.15, 0.2) is 0 Å². The summed E-state index contributed by atoms with van der Waals surface area (Å²) in [5, 5.41) is 11.8. The van der Waals surface area contributed by atoms with Crippen molar-refractivity contribution in [2.75, 3.05) is 18.8 Å². The van der Waals surface area contributed by atoms with Gasteiger partial charge in [0.1, 0.15) is 6.04 Å². The summed E-state index contributed by atoms with van der Waals surface area (Å²) in [6.07, 6.45) is 4.05. The number of hydrogen-bond acceptors (Lipinski definition) is 4. The van der Waals surface area contributed by atoms with Gasteiger partial charge in [0.2, 0.25) is 15.9 Å². The van der Waals surface area contributed by atoms with E-state index in [2.05, 4.69) is 5.32 Å². The molecule has 0 radical (unpaired) electrons. The number of piperidine rings is 1. The van der Waals surface area contributed by atoms with Crippen LogP contribution in [0.2, 0.25) is 0 Å². The third kappa shape index (κ3) is 4.91. The first kappa shape index (κ1) is 18.2. The minimum Gasteiger partial charge on any atom is -0.480 e. The van der Waals surface area contributed by atoms with Crippen LogP contribution in [0.5, 0.6) is 0 Å². The van der Waals surface area contributed by atoms with Crippen molar-refractivity contribution in [1.82, 2.24) is 9.62 Å². The van der Waals surface area contributed by atoms with Gasteiger partial charge < -0.3 is 10.4 Å². The Morgan fingerprint density at radius 3 is 2.30 bits per heavy atom. The Bertz CT molecular complexity index is 536. The maximum Gasteiger partial charge on any atom is 0.326 e. The van der Waals surface area contributed by atoms with Crippen LogP contribution in [0, 0.1) is 11.8 Å². The Balaban J connectivity index is 1.83. The van der Waals surface area contributed by atoms with E-state index in [4.69, 9.17) is 5.11 Å². The van der Waals surface area contributed by atoms with Crippen LogP contribution in [0.3, 0.4) is 0 Å². The molecular formula is C15H26N2O5S. The van der Waals surface area contributed by atoms with Crippen LogP contribution in [0.4, 0.5) is 0 Å². The molecule has 1 unspecified atom stereocenters. The highest BCUT2D eigenvalue weighted by Gasteiger charge is 2.39. The summed E-state index contributed by atoms with van der Waals surface area (Å²) in [6, 6.07) is -0.797. The largest absolute Gasteiger partial charge is 0.480 e. The second-order valence-corrected chi connectivity index (χ2v) is 8.59. The molecule has 1 atom stereocenters. The van der Waals surface area contributed by atoms with E-state index < -0.39 is 22.0 Å². The van der Waals surface area contributed by atoms with Gasteiger partial charge >= 0.3 is 5.97 Å². The molecule has 8 heteroatoms. The van der Waals surface area contributed by atoms with Gasteiger partial charge in [-0.3, -0.25) is 4.79 Å². The molecular weight excluding hydrogens is 320 g/mol. The summed E-state index contributed by atoms with van der Waals surface area (Å²) in [4.78, 5) is 23.4. The molecule has 2 rings (SSSR count). The molecule has 1 saturated carbocycles. The topological polar surface area (TPSA) is 104 Å². The van der Waals surface area contributed by atoms with Crippen molar-refractivity contribution in [3.8, 4) is 0 Å². The van der Waals surface area contributed by atoms with Gasteiger partial charge in [-0.05, 0) is 38.0 Å². The van der Waals surface area contributed by atoms with Crippen LogP contribution in [0.1, 0.15) is 45.4 Å². The Labute approximate surface area is 137 Å². The molecule has 0 aromatic carbocycles. The summed E-state index contributed by atoms with van der Waals surface area (Å²) < 4.78 is 25.7. The highest BCUT2D eigenvalue weighted by molar-refractivity contribution is 7.89. The van der Waals surface area contributed by atoms with E-state index in [-0.39, 0.29) is 23.5 Å². The highest BCUT2D eigenvalue weighted by Crippen LogP contribution is 2.33. The van der Waals surface area contributed by atoms with Crippen LogP contribution < -0.4 is 5.32 Å². The van der Waals surface area contributed by atoms with Crippen LogP contribution in [-0.2, 0) is 19.6 Å². The SMILES string of the molecule is CCCCS(=O)(=O)N1CCC(C(=O)NC(C(=O)O)C2CC2)CC1. The van der Waals surface area contributed by atoms with Gasteiger partial charge in [0, 0.05) is 19.0 Å². The van der Waals surface area contributed by atoms with Crippen molar-refractivity contribution >= 4 is 21.9 Å². The normalized spacial score (nSPS) is 21.8. The van der Waals surface area contributed by atoms with Gasteiger partial charge in [-0.15, -0.1) is 0 Å². The van der Waals surface area contributed by atoms with Gasteiger partial charge in [0.25, 0.3) is 0 Å². The average molecular weight is 346 g/mol. The molecule has 1 aliphatic carbocycles. The van der Waals surface area contributed by atoms with E-state index in [1.807, 2.05) is 6.92 Å². The second kappa shape index (κ2) is 7.61. The molecule has 2 fully saturated rings. The Morgan fingerprint density at radius 1 is 1.22 bits per heavy atom. The minimum atomic E-state index is -3.23. The number of carbonyl (C=O) groups is 2. The summed E-state index contributed by atoms with van der Waals surface area (Å²) in [5.41, 5.74) is 0. The molecule has 1 amide bonds. The predicted molar refractivity (Wildman–Crippen MR) is 85.3 cm³/mol. The number of hydrogen-bond donors (Lipinski definition) is 2. The van der Waals surface area contributed by atoms with Crippen LogP contribution in [0.25, 0.3) is 0 Å². The maximum atomic E-state index is 12.2. The molecule has 1 heterocycles. The van der Waals surface area contributed by atoms with E-state index in [0.29, 0.717) is 32.4 Å². The van der Waals surface area contributed by atoms with E-state index >= 15 is 0 Å². The summed E-state index contributed by atoms with van der Waals surface area (Å²) in [5.74, 6) is -1.34. The quantitative estimate of drug-likeness (QED) is 0.677. The molecule has 132 valence electrons. The van der Waals surface area contributed by atoms with E-state index in [0.717, 1.165) is 19.3 Å². The second-order valence-electron chi connectivity index (χ2n) is 6.50. The lowest BCUT2D eigenvalue weighted by atomic mass is 9.96. The molecule has 23 heavy (non-hydrogen) atoms. The number of nitrogens with zero attached hydrogens (tertiary/aromatic N) is 1. The first-order valence-electron chi connectivity index (χ1n) is 8.36. The van der Waals surface area contributed by atoms with Crippen molar-refractivity contribution in [3.05, 3.63) is 0 Å². The molecule has 1 aliphatic heterocycles. The number of unbranched alkanes of at least 4 members (excludes halogenated alkanes) is 1. The van der Waals surface area contributed by atoms with Gasteiger partial charge in [0.15, 0.2) is 0 Å².